The van der Waals surface area contributed by atoms with Gasteiger partial charge in [-0.25, -0.2) is 4.98 Å². The van der Waals surface area contributed by atoms with Crippen LogP contribution in [0.15, 0.2) is 11.4 Å². The summed E-state index contributed by atoms with van der Waals surface area (Å²) in [6.07, 6.45) is 1.98. The molecule has 2 rings (SSSR count). The van der Waals surface area contributed by atoms with Gasteiger partial charge in [-0.1, -0.05) is 26.7 Å². The minimum Gasteiger partial charge on any atom is -0.400 e. The van der Waals surface area contributed by atoms with Gasteiger partial charge in [0.2, 0.25) is 0 Å². The molecule has 110 valence electrons. The lowest BCUT2D eigenvalue weighted by atomic mass is 9.90. The summed E-state index contributed by atoms with van der Waals surface area (Å²) < 4.78 is 11.9. The Labute approximate surface area is 126 Å². The van der Waals surface area contributed by atoms with Crippen molar-refractivity contribution in [2.75, 3.05) is 0 Å². The predicted molar refractivity (Wildman–Crippen MR) is 85.9 cm³/mol. The molecule has 0 amide bonds. The van der Waals surface area contributed by atoms with Crippen LogP contribution in [-0.4, -0.2) is 23.3 Å². The summed E-state index contributed by atoms with van der Waals surface area (Å²) >= 11 is 1.69. The van der Waals surface area contributed by atoms with Crippen LogP contribution in [0.2, 0.25) is 0 Å². The quantitative estimate of drug-likeness (QED) is 0.770. The molecule has 1 fully saturated rings. The Balaban J connectivity index is 2.07. The summed E-state index contributed by atoms with van der Waals surface area (Å²) in [6, 6.07) is 0. The summed E-state index contributed by atoms with van der Waals surface area (Å²) in [5.41, 5.74) is 0.484. The molecule has 3 nitrogen and oxygen atoms in total. The highest BCUT2D eigenvalue weighted by atomic mass is 32.1. The number of nitrogens with zero attached hydrogens (tertiary/aromatic N) is 1. The third kappa shape index (κ3) is 3.16. The number of rotatable bonds is 2. The van der Waals surface area contributed by atoms with Gasteiger partial charge in [-0.2, -0.15) is 0 Å². The van der Waals surface area contributed by atoms with Crippen LogP contribution >= 0.6 is 11.3 Å². The first kappa shape index (κ1) is 15.7. The molecule has 0 unspecified atom stereocenters. The number of hydrogen-bond donors (Lipinski definition) is 0. The molecule has 0 radical (unpaired) electrons. The van der Waals surface area contributed by atoms with Crippen LogP contribution < -0.4 is 0 Å². The van der Waals surface area contributed by atoms with E-state index in [4.69, 9.17) is 9.31 Å². The van der Waals surface area contributed by atoms with E-state index in [-0.39, 0.29) is 23.7 Å². The van der Waals surface area contributed by atoms with Gasteiger partial charge in [0.1, 0.15) is 0 Å². The second-order valence-corrected chi connectivity index (χ2v) is 8.17. The van der Waals surface area contributed by atoms with Gasteiger partial charge in [-0.3, -0.25) is 0 Å². The van der Waals surface area contributed by atoms with Gasteiger partial charge in [-0.15, -0.1) is 11.3 Å². The van der Waals surface area contributed by atoms with Gasteiger partial charge in [0.15, 0.2) is 0 Å². The fourth-order valence-electron chi connectivity index (χ4n) is 1.85. The highest BCUT2D eigenvalue weighted by molar-refractivity contribution is 7.09. The van der Waals surface area contributed by atoms with Crippen LogP contribution in [-0.2, 0) is 14.7 Å². The van der Waals surface area contributed by atoms with Gasteiger partial charge in [0.25, 0.3) is 0 Å². The van der Waals surface area contributed by atoms with Crippen molar-refractivity contribution >= 4 is 24.5 Å². The van der Waals surface area contributed by atoms with Crippen LogP contribution in [0.3, 0.4) is 0 Å². The summed E-state index contributed by atoms with van der Waals surface area (Å²) in [5.74, 6) is 1.94. The Morgan fingerprint density at radius 3 is 2.15 bits per heavy atom. The van der Waals surface area contributed by atoms with Crippen molar-refractivity contribution in [3.63, 3.8) is 0 Å². The number of hydrogen-bond acceptors (Lipinski definition) is 4. The first-order valence-electron chi connectivity index (χ1n) is 7.01. The zero-order chi connectivity index (χ0) is 15.2. The highest BCUT2D eigenvalue weighted by Gasteiger charge is 2.50. The lowest BCUT2D eigenvalue weighted by Crippen LogP contribution is -2.41. The Morgan fingerprint density at radius 2 is 1.70 bits per heavy atom. The number of aromatic nitrogens is 1. The molecule has 1 aromatic heterocycles. The second-order valence-electron chi connectivity index (χ2n) is 7.31. The van der Waals surface area contributed by atoms with Crippen molar-refractivity contribution in [3.8, 4) is 0 Å². The van der Waals surface area contributed by atoms with E-state index in [1.165, 1.54) is 0 Å². The second kappa shape index (κ2) is 4.97. The van der Waals surface area contributed by atoms with Crippen molar-refractivity contribution in [2.45, 2.75) is 65.1 Å². The summed E-state index contributed by atoms with van der Waals surface area (Å²) in [4.78, 5) is 4.64. The van der Waals surface area contributed by atoms with E-state index in [1.54, 1.807) is 11.3 Å². The first-order chi connectivity index (χ1) is 9.01. The molecule has 2 heterocycles. The van der Waals surface area contributed by atoms with E-state index in [0.717, 1.165) is 10.7 Å². The first-order valence-corrected chi connectivity index (χ1v) is 7.89. The molecular weight excluding hydrogens is 269 g/mol. The molecule has 0 N–H and O–H groups in total. The molecule has 5 heteroatoms. The van der Waals surface area contributed by atoms with Gasteiger partial charge in [0.05, 0.1) is 21.9 Å². The topological polar surface area (TPSA) is 31.4 Å². The van der Waals surface area contributed by atoms with E-state index in [0.29, 0.717) is 0 Å². The summed E-state index contributed by atoms with van der Waals surface area (Å²) in [7, 11) is -0.306. The zero-order valence-electron chi connectivity index (χ0n) is 13.5. The van der Waals surface area contributed by atoms with E-state index in [2.05, 4.69) is 58.8 Å². The van der Waals surface area contributed by atoms with Crippen LogP contribution in [0.25, 0.3) is 6.08 Å². The fourth-order valence-corrected chi connectivity index (χ4v) is 2.73. The molecule has 0 atom stereocenters. The lowest BCUT2D eigenvalue weighted by Gasteiger charge is -2.32. The predicted octanol–water partition coefficient (Wildman–Crippen LogP) is 4.09. The smallest absolute Gasteiger partial charge is 0.400 e. The average Bonchev–Trinajstić information content (AvgIpc) is 2.79. The van der Waals surface area contributed by atoms with Crippen LogP contribution in [0, 0.1) is 0 Å². The van der Waals surface area contributed by atoms with Crippen LogP contribution in [0.1, 0.15) is 59.2 Å². The minimum absolute atomic E-state index is 0.0983. The molecule has 0 bridgehead atoms. The molecule has 1 saturated heterocycles. The maximum atomic E-state index is 5.93. The van der Waals surface area contributed by atoms with Gasteiger partial charge >= 0.3 is 7.12 Å². The fraction of sp³-hybridized carbons (Fsp3) is 0.667. The Hall–Kier alpha value is -0.645. The maximum absolute atomic E-state index is 5.93. The Morgan fingerprint density at radius 1 is 1.15 bits per heavy atom. The van der Waals surface area contributed by atoms with Crippen molar-refractivity contribution in [2.24, 2.45) is 0 Å². The number of thiazole rings is 1. The van der Waals surface area contributed by atoms with E-state index >= 15 is 0 Å². The van der Waals surface area contributed by atoms with Crippen molar-refractivity contribution in [1.29, 1.82) is 0 Å². The third-order valence-corrected chi connectivity index (χ3v) is 5.15. The summed E-state index contributed by atoms with van der Waals surface area (Å²) in [5, 5.41) is 3.22. The van der Waals surface area contributed by atoms with Gasteiger partial charge < -0.3 is 9.31 Å². The minimum atomic E-state index is -0.306. The molecule has 0 spiro atoms. The van der Waals surface area contributed by atoms with Gasteiger partial charge in [-0.05, 0) is 33.8 Å². The molecule has 1 aliphatic rings. The van der Waals surface area contributed by atoms with Crippen LogP contribution in [0.4, 0.5) is 0 Å². The van der Waals surface area contributed by atoms with E-state index < -0.39 is 0 Å². The normalized spacial score (nSPS) is 21.9. The average molecular weight is 293 g/mol. The summed E-state index contributed by atoms with van der Waals surface area (Å²) in [6.45, 7) is 14.8. The third-order valence-electron chi connectivity index (χ3n) is 3.86. The molecule has 1 aromatic rings. The van der Waals surface area contributed by atoms with Crippen molar-refractivity contribution in [3.05, 3.63) is 22.1 Å². The van der Waals surface area contributed by atoms with E-state index in [9.17, 15) is 0 Å². The maximum Gasteiger partial charge on any atom is 0.487 e. The standard InChI is InChI=1S/C15H24BNO2S/c1-13(2,3)12-17-11(10-20-12)8-9-16-18-14(4,5)15(6,7)19-16/h8-10H,1-7H3/b9-8+. The Kier molecular flexibility index (Phi) is 3.91. The van der Waals surface area contributed by atoms with Gasteiger partial charge in [0, 0.05) is 10.8 Å². The van der Waals surface area contributed by atoms with E-state index in [1.807, 2.05) is 12.1 Å². The lowest BCUT2D eigenvalue weighted by molar-refractivity contribution is 0.00578. The van der Waals surface area contributed by atoms with Crippen LogP contribution in [0.5, 0.6) is 0 Å². The zero-order valence-corrected chi connectivity index (χ0v) is 14.3. The highest BCUT2D eigenvalue weighted by Crippen LogP contribution is 2.37. The Bertz CT molecular complexity index is 498. The molecular formula is C15H24BNO2S. The largest absolute Gasteiger partial charge is 0.487 e. The molecule has 0 aromatic carbocycles. The molecule has 0 saturated carbocycles. The molecule has 0 aliphatic carbocycles. The molecule has 20 heavy (non-hydrogen) atoms. The van der Waals surface area contributed by atoms with Crippen molar-refractivity contribution < 1.29 is 9.31 Å². The molecule has 1 aliphatic heterocycles. The monoisotopic (exact) mass is 293 g/mol. The SMILES string of the molecule is CC(C)(C)c1nc(/C=C/B2OC(C)(C)C(C)(C)O2)cs1. The van der Waals surface area contributed by atoms with Crippen molar-refractivity contribution in [1.82, 2.24) is 4.98 Å².